The van der Waals surface area contributed by atoms with Crippen molar-refractivity contribution < 1.29 is 18.3 Å². The van der Waals surface area contributed by atoms with Crippen molar-refractivity contribution in [3.05, 3.63) is 29.8 Å². The lowest BCUT2D eigenvalue weighted by Gasteiger charge is -2.09. The largest absolute Gasteiger partial charge is 0.481 e. The number of hydrogen-bond acceptors (Lipinski definition) is 3. The number of aryl methyl sites for hydroxylation is 1. The van der Waals surface area contributed by atoms with E-state index in [0.717, 1.165) is 0 Å². The molecule has 1 unspecified atom stereocenters. The molecule has 4 nitrogen and oxygen atoms in total. The lowest BCUT2D eigenvalue weighted by atomic mass is 10.2. The minimum absolute atomic E-state index is 0.211. The summed E-state index contributed by atoms with van der Waals surface area (Å²) < 4.78 is 23.8. The van der Waals surface area contributed by atoms with E-state index in [2.05, 4.69) is 0 Å². The van der Waals surface area contributed by atoms with Crippen molar-refractivity contribution in [2.75, 3.05) is 5.75 Å². The Hall–Kier alpha value is -1.36. The summed E-state index contributed by atoms with van der Waals surface area (Å²) in [4.78, 5) is 10.8. The minimum atomic E-state index is -3.52. The third kappa shape index (κ3) is 2.82. The Bertz CT molecular complexity index is 490. The normalized spacial score (nSPS) is 13.4. The zero-order valence-electron chi connectivity index (χ0n) is 9.17. The second-order valence-corrected chi connectivity index (χ2v) is 5.79. The molecule has 0 saturated carbocycles. The molecule has 0 aliphatic heterocycles. The molecule has 16 heavy (non-hydrogen) atoms. The third-order valence-corrected chi connectivity index (χ3v) is 4.39. The van der Waals surface area contributed by atoms with E-state index < -0.39 is 21.7 Å². The predicted octanol–water partition coefficient (Wildman–Crippen LogP) is 1.49. The molecule has 1 aromatic rings. The molecule has 0 amide bonds. The van der Waals surface area contributed by atoms with E-state index in [1.54, 1.807) is 25.1 Å². The van der Waals surface area contributed by atoms with Crippen LogP contribution in [0.3, 0.4) is 0 Å². The van der Waals surface area contributed by atoms with Crippen LogP contribution in [-0.2, 0) is 14.6 Å². The van der Waals surface area contributed by atoms with Gasteiger partial charge in [0.15, 0.2) is 9.84 Å². The minimum Gasteiger partial charge on any atom is -0.481 e. The fourth-order valence-corrected chi connectivity index (χ4v) is 3.22. The Morgan fingerprint density at radius 1 is 1.38 bits per heavy atom. The van der Waals surface area contributed by atoms with Crippen LogP contribution < -0.4 is 0 Å². The van der Waals surface area contributed by atoms with E-state index in [9.17, 15) is 13.2 Å². The highest BCUT2D eigenvalue weighted by Crippen LogP contribution is 2.18. The van der Waals surface area contributed by atoms with E-state index >= 15 is 0 Å². The monoisotopic (exact) mass is 242 g/mol. The zero-order chi connectivity index (χ0) is 12.3. The number of rotatable bonds is 4. The van der Waals surface area contributed by atoms with Gasteiger partial charge in [-0.05, 0) is 18.6 Å². The fraction of sp³-hybridized carbons (Fsp3) is 0.364. The van der Waals surface area contributed by atoms with Gasteiger partial charge < -0.3 is 5.11 Å². The first-order valence-corrected chi connectivity index (χ1v) is 6.51. The fourth-order valence-electron chi connectivity index (χ4n) is 1.40. The molecule has 0 bridgehead atoms. The first-order chi connectivity index (χ1) is 7.34. The van der Waals surface area contributed by atoms with Crippen molar-refractivity contribution in [2.24, 2.45) is 5.92 Å². The molecule has 88 valence electrons. The van der Waals surface area contributed by atoms with Crippen molar-refractivity contribution in [3.8, 4) is 0 Å². The van der Waals surface area contributed by atoms with E-state index in [1.807, 2.05) is 0 Å². The van der Waals surface area contributed by atoms with E-state index in [0.29, 0.717) is 5.56 Å². The van der Waals surface area contributed by atoms with Crippen LogP contribution in [0.25, 0.3) is 0 Å². The Kier molecular flexibility index (Phi) is 3.70. The molecule has 0 spiro atoms. The summed E-state index contributed by atoms with van der Waals surface area (Å²) in [5, 5.41) is 8.70. The van der Waals surface area contributed by atoms with Gasteiger partial charge in [-0.1, -0.05) is 25.1 Å². The molecule has 1 atom stereocenters. The van der Waals surface area contributed by atoms with E-state index in [4.69, 9.17) is 5.11 Å². The Labute approximate surface area is 94.8 Å². The Morgan fingerprint density at radius 2 is 1.94 bits per heavy atom. The summed E-state index contributed by atoms with van der Waals surface area (Å²) >= 11 is 0. The van der Waals surface area contributed by atoms with Crippen molar-refractivity contribution in [1.82, 2.24) is 0 Å². The number of hydrogen-bond donors (Lipinski definition) is 1. The maximum Gasteiger partial charge on any atom is 0.307 e. The van der Waals surface area contributed by atoms with Gasteiger partial charge in [-0.25, -0.2) is 8.42 Å². The number of aliphatic carboxylic acids is 1. The van der Waals surface area contributed by atoms with Crippen molar-refractivity contribution in [3.63, 3.8) is 0 Å². The molecule has 0 aliphatic rings. The maximum absolute atomic E-state index is 11.9. The average molecular weight is 242 g/mol. The van der Waals surface area contributed by atoms with Crippen LogP contribution in [0.2, 0.25) is 0 Å². The molecule has 0 aromatic heterocycles. The first kappa shape index (κ1) is 12.7. The van der Waals surface area contributed by atoms with Crippen LogP contribution >= 0.6 is 0 Å². The van der Waals surface area contributed by atoms with Gasteiger partial charge in [0.1, 0.15) is 0 Å². The first-order valence-electron chi connectivity index (χ1n) is 4.86. The highest BCUT2D eigenvalue weighted by atomic mass is 32.2. The molecule has 0 saturated heterocycles. The smallest absolute Gasteiger partial charge is 0.307 e. The summed E-state index contributed by atoms with van der Waals surface area (Å²) in [6, 6.07) is 6.57. The highest BCUT2D eigenvalue weighted by Gasteiger charge is 2.23. The zero-order valence-corrected chi connectivity index (χ0v) is 9.99. The lowest BCUT2D eigenvalue weighted by molar-refractivity contribution is -0.140. The SMILES string of the molecule is Cc1ccccc1S(=O)(=O)CC(C)C(=O)O. The van der Waals surface area contributed by atoms with E-state index in [-0.39, 0.29) is 10.6 Å². The molecule has 0 radical (unpaired) electrons. The van der Waals surface area contributed by atoms with Crippen molar-refractivity contribution in [1.29, 1.82) is 0 Å². The topological polar surface area (TPSA) is 71.4 Å². The van der Waals surface area contributed by atoms with Gasteiger partial charge in [0.25, 0.3) is 0 Å². The standard InChI is InChI=1S/C11H14O4S/c1-8-5-3-4-6-10(8)16(14,15)7-9(2)11(12)13/h3-6,9H,7H2,1-2H3,(H,12,13). The number of carboxylic acid groups (broad SMARTS) is 1. The number of benzene rings is 1. The lowest BCUT2D eigenvalue weighted by Crippen LogP contribution is -2.21. The average Bonchev–Trinajstić information content (AvgIpc) is 2.17. The molecular formula is C11H14O4S. The summed E-state index contributed by atoms with van der Waals surface area (Å²) in [7, 11) is -3.52. The molecule has 1 rings (SSSR count). The molecule has 0 heterocycles. The number of carbonyl (C=O) groups is 1. The predicted molar refractivity (Wildman–Crippen MR) is 60.0 cm³/mol. The van der Waals surface area contributed by atoms with Crippen LogP contribution in [0.15, 0.2) is 29.2 Å². The summed E-state index contributed by atoms with van der Waals surface area (Å²) in [6.45, 7) is 3.08. The summed E-state index contributed by atoms with van der Waals surface area (Å²) in [5.41, 5.74) is 0.639. The third-order valence-electron chi connectivity index (χ3n) is 2.32. The van der Waals surface area contributed by atoms with E-state index in [1.165, 1.54) is 13.0 Å². The van der Waals surface area contributed by atoms with Gasteiger partial charge in [0.05, 0.1) is 16.6 Å². The van der Waals surface area contributed by atoms with Crippen LogP contribution in [-0.4, -0.2) is 25.2 Å². The van der Waals surface area contributed by atoms with Crippen LogP contribution in [0.5, 0.6) is 0 Å². The van der Waals surface area contributed by atoms with Crippen molar-refractivity contribution >= 4 is 15.8 Å². The molecule has 0 fully saturated rings. The summed E-state index contributed by atoms with van der Waals surface area (Å²) in [6.07, 6.45) is 0. The maximum atomic E-state index is 11.9. The van der Waals surface area contributed by atoms with Gasteiger partial charge >= 0.3 is 5.97 Å². The van der Waals surface area contributed by atoms with Crippen molar-refractivity contribution in [2.45, 2.75) is 18.7 Å². The number of sulfone groups is 1. The molecule has 1 N–H and O–H groups in total. The molecule has 0 aliphatic carbocycles. The van der Waals surface area contributed by atoms with Crippen LogP contribution in [0.4, 0.5) is 0 Å². The van der Waals surface area contributed by atoms with Gasteiger partial charge in [0.2, 0.25) is 0 Å². The number of carboxylic acids is 1. The van der Waals surface area contributed by atoms with Gasteiger partial charge in [-0.2, -0.15) is 0 Å². The second-order valence-electron chi connectivity index (χ2n) is 3.79. The van der Waals surface area contributed by atoms with Crippen LogP contribution in [0.1, 0.15) is 12.5 Å². The molecule has 1 aromatic carbocycles. The summed E-state index contributed by atoms with van der Waals surface area (Å²) in [5.74, 6) is -2.37. The quantitative estimate of drug-likeness (QED) is 0.868. The Balaban J connectivity index is 3.04. The van der Waals surface area contributed by atoms with Gasteiger partial charge in [0, 0.05) is 0 Å². The Morgan fingerprint density at radius 3 is 2.44 bits per heavy atom. The molecule has 5 heteroatoms. The molecular weight excluding hydrogens is 228 g/mol. The van der Waals surface area contributed by atoms with Gasteiger partial charge in [-0.3, -0.25) is 4.79 Å². The second kappa shape index (κ2) is 4.65. The van der Waals surface area contributed by atoms with Crippen LogP contribution in [0, 0.1) is 12.8 Å². The highest BCUT2D eigenvalue weighted by molar-refractivity contribution is 7.91. The van der Waals surface area contributed by atoms with Gasteiger partial charge in [-0.15, -0.1) is 0 Å².